The molecule has 2 unspecified atom stereocenters. The first-order chi connectivity index (χ1) is 8.84. The monoisotopic (exact) mass is 273 g/mol. The Morgan fingerprint density at radius 1 is 1.32 bits per heavy atom. The predicted octanol–water partition coefficient (Wildman–Crippen LogP) is 3.19. The number of nitrogens with one attached hydrogen (secondary N) is 1. The first kappa shape index (κ1) is 14.3. The summed E-state index contributed by atoms with van der Waals surface area (Å²) in [5.74, 6) is 0.238. The topological polar surface area (TPSA) is 21.3 Å². The Balaban J connectivity index is 2.08. The number of hydrogen-bond donors (Lipinski definition) is 1. The molecule has 1 aromatic carbocycles. The van der Waals surface area contributed by atoms with Crippen molar-refractivity contribution in [3.8, 4) is 0 Å². The van der Waals surface area contributed by atoms with Crippen LogP contribution < -0.4 is 5.32 Å². The van der Waals surface area contributed by atoms with Crippen LogP contribution in [0, 0.1) is 0 Å². The SMILES string of the molecule is COCC1(C)CC(c2ccc(C(F)(F)F)cc2)CN1. The zero-order chi connectivity index (χ0) is 14.1. The van der Waals surface area contributed by atoms with E-state index in [1.54, 1.807) is 19.2 Å². The average molecular weight is 273 g/mol. The van der Waals surface area contributed by atoms with Gasteiger partial charge in [-0.1, -0.05) is 12.1 Å². The molecule has 1 aliphatic rings. The van der Waals surface area contributed by atoms with E-state index in [0.717, 1.165) is 30.7 Å². The van der Waals surface area contributed by atoms with Crippen molar-refractivity contribution >= 4 is 0 Å². The van der Waals surface area contributed by atoms with Gasteiger partial charge in [0, 0.05) is 19.2 Å². The summed E-state index contributed by atoms with van der Waals surface area (Å²) in [5, 5.41) is 3.38. The number of halogens is 3. The minimum Gasteiger partial charge on any atom is -0.383 e. The molecule has 2 nitrogen and oxygen atoms in total. The van der Waals surface area contributed by atoms with Crippen molar-refractivity contribution in [3.05, 3.63) is 35.4 Å². The maximum atomic E-state index is 12.5. The summed E-state index contributed by atoms with van der Waals surface area (Å²) in [4.78, 5) is 0. The molecule has 1 heterocycles. The summed E-state index contributed by atoms with van der Waals surface area (Å²) in [7, 11) is 1.65. The van der Waals surface area contributed by atoms with E-state index in [2.05, 4.69) is 12.2 Å². The van der Waals surface area contributed by atoms with Gasteiger partial charge >= 0.3 is 6.18 Å². The number of alkyl halides is 3. The number of ether oxygens (including phenoxy) is 1. The molecule has 0 radical (unpaired) electrons. The molecule has 0 amide bonds. The van der Waals surface area contributed by atoms with Crippen molar-refractivity contribution in [2.24, 2.45) is 0 Å². The van der Waals surface area contributed by atoms with Gasteiger partial charge in [0.05, 0.1) is 12.2 Å². The van der Waals surface area contributed by atoms with Crippen LogP contribution in [-0.4, -0.2) is 25.8 Å². The molecule has 0 bridgehead atoms. The second kappa shape index (κ2) is 5.13. The van der Waals surface area contributed by atoms with Crippen molar-refractivity contribution in [2.75, 3.05) is 20.3 Å². The van der Waals surface area contributed by atoms with Crippen LogP contribution in [0.4, 0.5) is 13.2 Å². The predicted molar refractivity (Wildman–Crippen MR) is 67.1 cm³/mol. The Morgan fingerprint density at radius 2 is 1.95 bits per heavy atom. The summed E-state index contributed by atoms with van der Waals surface area (Å²) < 4.78 is 42.6. The van der Waals surface area contributed by atoms with Crippen LogP contribution in [0.25, 0.3) is 0 Å². The van der Waals surface area contributed by atoms with Gasteiger partial charge in [-0.2, -0.15) is 13.2 Å². The van der Waals surface area contributed by atoms with Gasteiger partial charge in [0.1, 0.15) is 0 Å². The highest BCUT2D eigenvalue weighted by molar-refractivity contribution is 5.28. The minimum atomic E-state index is -4.27. The van der Waals surface area contributed by atoms with Crippen LogP contribution in [0.1, 0.15) is 30.4 Å². The van der Waals surface area contributed by atoms with Gasteiger partial charge in [0.15, 0.2) is 0 Å². The van der Waals surface area contributed by atoms with Crippen molar-refractivity contribution in [1.29, 1.82) is 0 Å². The molecule has 5 heteroatoms. The second-order valence-electron chi connectivity index (χ2n) is 5.40. The summed E-state index contributed by atoms with van der Waals surface area (Å²) in [6.07, 6.45) is -3.40. The summed E-state index contributed by atoms with van der Waals surface area (Å²) in [6.45, 7) is 3.44. The van der Waals surface area contributed by atoms with Gasteiger partial charge in [-0.05, 0) is 37.0 Å². The zero-order valence-corrected chi connectivity index (χ0v) is 11.1. The third-order valence-corrected chi connectivity index (χ3v) is 3.64. The fraction of sp³-hybridized carbons (Fsp3) is 0.571. The molecule has 0 aliphatic carbocycles. The standard InChI is InChI=1S/C14H18F3NO/c1-13(9-19-2)7-11(8-18-13)10-3-5-12(6-4-10)14(15,16)17/h3-6,11,18H,7-9H2,1-2H3. The molecule has 2 atom stereocenters. The number of rotatable bonds is 3. The first-order valence-electron chi connectivity index (χ1n) is 6.25. The zero-order valence-electron chi connectivity index (χ0n) is 11.1. The van der Waals surface area contributed by atoms with Gasteiger partial charge in [-0.3, -0.25) is 0 Å². The van der Waals surface area contributed by atoms with Crippen molar-refractivity contribution < 1.29 is 17.9 Å². The normalized spacial score (nSPS) is 27.7. The highest BCUT2D eigenvalue weighted by Crippen LogP contribution is 2.34. The average Bonchev–Trinajstić information content (AvgIpc) is 2.71. The summed E-state index contributed by atoms with van der Waals surface area (Å²) in [5.41, 5.74) is 0.254. The van der Waals surface area contributed by atoms with E-state index >= 15 is 0 Å². The molecule has 1 aliphatic heterocycles. The minimum absolute atomic E-state index is 0.0951. The van der Waals surface area contributed by atoms with E-state index in [9.17, 15) is 13.2 Å². The van der Waals surface area contributed by atoms with Gasteiger partial charge in [-0.25, -0.2) is 0 Å². The lowest BCUT2D eigenvalue weighted by atomic mass is 9.90. The first-order valence-corrected chi connectivity index (χ1v) is 6.25. The lowest BCUT2D eigenvalue weighted by Crippen LogP contribution is -2.40. The van der Waals surface area contributed by atoms with Gasteiger partial charge in [0.25, 0.3) is 0 Å². The molecule has 1 N–H and O–H groups in total. The van der Waals surface area contributed by atoms with E-state index in [0.29, 0.717) is 6.61 Å². The molecule has 0 spiro atoms. The Labute approximate surface area is 111 Å². The molecule has 1 aromatic rings. The van der Waals surface area contributed by atoms with Crippen LogP contribution in [0.5, 0.6) is 0 Å². The van der Waals surface area contributed by atoms with E-state index in [1.165, 1.54) is 0 Å². The van der Waals surface area contributed by atoms with Crippen molar-refractivity contribution in [3.63, 3.8) is 0 Å². The molecule has 1 fully saturated rings. The highest BCUT2D eigenvalue weighted by Gasteiger charge is 2.36. The second-order valence-corrected chi connectivity index (χ2v) is 5.40. The van der Waals surface area contributed by atoms with E-state index in [1.807, 2.05) is 0 Å². The quantitative estimate of drug-likeness (QED) is 0.913. The van der Waals surface area contributed by atoms with Crippen LogP contribution in [-0.2, 0) is 10.9 Å². The Hall–Kier alpha value is -1.07. The Kier molecular flexibility index (Phi) is 3.87. The molecule has 0 aromatic heterocycles. The maximum Gasteiger partial charge on any atom is 0.416 e. The van der Waals surface area contributed by atoms with E-state index < -0.39 is 11.7 Å². The van der Waals surface area contributed by atoms with Gasteiger partial charge < -0.3 is 10.1 Å². The number of benzene rings is 1. The lowest BCUT2D eigenvalue weighted by Gasteiger charge is -2.23. The van der Waals surface area contributed by atoms with E-state index in [4.69, 9.17) is 4.74 Å². The Morgan fingerprint density at radius 3 is 2.47 bits per heavy atom. The number of methoxy groups -OCH3 is 1. The van der Waals surface area contributed by atoms with Crippen LogP contribution in [0.2, 0.25) is 0 Å². The van der Waals surface area contributed by atoms with Gasteiger partial charge in [0.2, 0.25) is 0 Å². The molecule has 2 rings (SSSR count). The third-order valence-electron chi connectivity index (χ3n) is 3.64. The summed E-state index contributed by atoms with van der Waals surface area (Å²) in [6, 6.07) is 5.46. The Bertz CT molecular complexity index is 429. The smallest absolute Gasteiger partial charge is 0.383 e. The third kappa shape index (κ3) is 3.28. The highest BCUT2D eigenvalue weighted by atomic mass is 19.4. The van der Waals surface area contributed by atoms with Gasteiger partial charge in [-0.15, -0.1) is 0 Å². The van der Waals surface area contributed by atoms with Crippen molar-refractivity contribution in [1.82, 2.24) is 5.32 Å². The van der Waals surface area contributed by atoms with Crippen LogP contribution in [0.3, 0.4) is 0 Å². The summed E-state index contributed by atoms with van der Waals surface area (Å²) >= 11 is 0. The molecule has 19 heavy (non-hydrogen) atoms. The van der Waals surface area contributed by atoms with Crippen molar-refractivity contribution in [2.45, 2.75) is 31.0 Å². The molecular weight excluding hydrogens is 255 g/mol. The fourth-order valence-corrected chi connectivity index (χ4v) is 2.67. The number of hydrogen-bond acceptors (Lipinski definition) is 2. The largest absolute Gasteiger partial charge is 0.416 e. The molecular formula is C14H18F3NO. The maximum absolute atomic E-state index is 12.5. The molecule has 106 valence electrons. The molecule has 0 saturated carbocycles. The fourth-order valence-electron chi connectivity index (χ4n) is 2.67. The molecule has 1 saturated heterocycles. The van der Waals surface area contributed by atoms with Crippen LogP contribution >= 0.6 is 0 Å². The van der Waals surface area contributed by atoms with Crippen LogP contribution in [0.15, 0.2) is 24.3 Å². The lowest BCUT2D eigenvalue weighted by molar-refractivity contribution is -0.137. The van der Waals surface area contributed by atoms with E-state index in [-0.39, 0.29) is 11.5 Å².